The molecule has 0 unspecified atom stereocenters. The number of thiophene rings is 1. The largest absolute Gasteiger partial charge is 0.481 e. The zero-order valence-corrected chi connectivity index (χ0v) is 13.4. The summed E-state index contributed by atoms with van der Waals surface area (Å²) in [6.45, 7) is 0.351. The molecule has 0 radical (unpaired) electrons. The van der Waals surface area contributed by atoms with Gasteiger partial charge in [-0.3, -0.25) is 4.79 Å². The number of amides is 3. The molecule has 0 aliphatic rings. The number of rotatable bonds is 7. The monoisotopic (exact) mass is 334 g/mol. The fraction of sp³-hybridized carbons (Fsp3) is 0.267. The first kappa shape index (κ1) is 16.8. The van der Waals surface area contributed by atoms with Crippen molar-refractivity contribution in [2.75, 3.05) is 7.11 Å². The minimum absolute atomic E-state index is 0.118. The minimum atomic E-state index is -0.657. The second-order valence-corrected chi connectivity index (χ2v) is 5.75. The zero-order chi connectivity index (χ0) is 16.7. The van der Waals surface area contributed by atoms with Crippen molar-refractivity contribution in [3.63, 3.8) is 0 Å². The van der Waals surface area contributed by atoms with Gasteiger partial charge in [0.2, 0.25) is 11.8 Å². The summed E-state index contributed by atoms with van der Waals surface area (Å²) >= 11 is 1.46. The van der Waals surface area contributed by atoms with Crippen molar-refractivity contribution in [3.05, 3.63) is 46.3 Å². The molecule has 2 aromatic rings. The van der Waals surface area contributed by atoms with Gasteiger partial charge in [0.1, 0.15) is 0 Å². The van der Waals surface area contributed by atoms with E-state index < -0.39 is 12.1 Å². The van der Waals surface area contributed by atoms with Gasteiger partial charge in [-0.1, -0.05) is 12.1 Å². The van der Waals surface area contributed by atoms with Crippen LogP contribution in [0.1, 0.15) is 22.9 Å². The Hall–Kier alpha value is -2.61. The topological polar surface area (TPSA) is 106 Å². The van der Waals surface area contributed by atoms with Crippen molar-refractivity contribution >= 4 is 23.3 Å². The third kappa shape index (κ3) is 5.26. The van der Waals surface area contributed by atoms with Gasteiger partial charge in [0.25, 0.3) is 0 Å². The first-order valence-corrected chi connectivity index (χ1v) is 7.81. The smallest absolute Gasteiger partial charge is 0.312 e. The average molecular weight is 334 g/mol. The molecule has 8 heteroatoms. The molecule has 0 aromatic carbocycles. The maximum absolute atomic E-state index is 12.1. The third-order valence-electron chi connectivity index (χ3n) is 3.09. The number of nitrogens with one attached hydrogen (secondary N) is 2. The fourth-order valence-electron chi connectivity index (χ4n) is 1.98. The van der Waals surface area contributed by atoms with Gasteiger partial charge in [-0.15, -0.1) is 11.3 Å². The summed E-state index contributed by atoms with van der Waals surface area (Å²) in [5, 5.41) is 7.26. The van der Waals surface area contributed by atoms with Gasteiger partial charge in [0, 0.05) is 23.7 Å². The zero-order valence-electron chi connectivity index (χ0n) is 12.6. The molecule has 4 N–H and O–H groups in total. The van der Waals surface area contributed by atoms with Crippen LogP contribution in [0.3, 0.4) is 0 Å². The number of pyridine rings is 1. The lowest BCUT2D eigenvalue weighted by atomic mass is 10.1. The highest BCUT2D eigenvalue weighted by atomic mass is 32.1. The molecule has 2 rings (SSSR count). The van der Waals surface area contributed by atoms with Crippen molar-refractivity contribution in [2.45, 2.75) is 19.0 Å². The van der Waals surface area contributed by atoms with Gasteiger partial charge < -0.3 is 21.1 Å². The van der Waals surface area contributed by atoms with Crippen molar-refractivity contribution in [1.29, 1.82) is 0 Å². The maximum atomic E-state index is 12.1. The number of urea groups is 1. The molecular weight excluding hydrogens is 316 g/mol. The van der Waals surface area contributed by atoms with Crippen LogP contribution in [0.4, 0.5) is 4.79 Å². The number of carbonyl (C=O) groups is 2. The van der Waals surface area contributed by atoms with Crippen LogP contribution in [-0.4, -0.2) is 24.0 Å². The molecule has 122 valence electrons. The lowest BCUT2D eigenvalue weighted by Crippen LogP contribution is -2.36. The Balaban J connectivity index is 1.89. The molecule has 0 aliphatic heterocycles. The number of ether oxygens (including phenoxy) is 1. The summed E-state index contributed by atoms with van der Waals surface area (Å²) in [4.78, 5) is 28.1. The van der Waals surface area contributed by atoms with E-state index in [9.17, 15) is 9.59 Å². The van der Waals surface area contributed by atoms with Crippen LogP contribution in [0.2, 0.25) is 0 Å². The highest BCUT2D eigenvalue weighted by Crippen LogP contribution is 2.21. The maximum Gasteiger partial charge on any atom is 0.312 e. The first-order chi connectivity index (χ1) is 11.1. The van der Waals surface area contributed by atoms with E-state index in [1.54, 1.807) is 19.4 Å². The Bertz CT molecular complexity index is 643. The summed E-state index contributed by atoms with van der Waals surface area (Å²) in [5.74, 6) is 0.330. The van der Waals surface area contributed by atoms with E-state index in [1.165, 1.54) is 11.3 Å². The van der Waals surface area contributed by atoms with Gasteiger partial charge >= 0.3 is 6.03 Å². The molecular formula is C15H18N4O3S. The van der Waals surface area contributed by atoms with Crippen molar-refractivity contribution in [3.8, 4) is 5.88 Å². The third-order valence-corrected chi connectivity index (χ3v) is 4.08. The van der Waals surface area contributed by atoms with Crippen molar-refractivity contribution in [1.82, 2.24) is 15.6 Å². The molecule has 3 amide bonds. The van der Waals surface area contributed by atoms with Crippen LogP contribution in [0.25, 0.3) is 0 Å². The predicted molar refractivity (Wildman–Crippen MR) is 87.0 cm³/mol. The number of hydrogen-bond acceptors (Lipinski definition) is 5. The number of carbonyl (C=O) groups excluding carboxylic acids is 2. The molecule has 0 aliphatic carbocycles. The summed E-state index contributed by atoms with van der Waals surface area (Å²) in [7, 11) is 1.54. The molecule has 7 nitrogen and oxygen atoms in total. The van der Waals surface area contributed by atoms with Crippen LogP contribution in [0.15, 0.2) is 35.8 Å². The van der Waals surface area contributed by atoms with Crippen LogP contribution in [0.5, 0.6) is 5.88 Å². The Kier molecular flexibility index (Phi) is 5.93. The van der Waals surface area contributed by atoms with Crippen LogP contribution < -0.4 is 21.1 Å². The second kappa shape index (κ2) is 8.14. The first-order valence-electron chi connectivity index (χ1n) is 6.93. The standard InChI is InChI=1S/C15H18N4O3S/c1-22-14-5-4-10(9-18-14)8-17-13(20)7-11(19-15(16)21)12-3-2-6-23-12/h2-6,9,11H,7-8H2,1H3,(H,17,20)(H3,16,19,21)/t11-/m0/s1. The molecule has 1 atom stereocenters. The number of hydrogen-bond donors (Lipinski definition) is 3. The lowest BCUT2D eigenvalue weighted by Gasteiger charge is -2.15. The number of aromatic nitrogens is 1. The Morgan fingerprint density at radius 3 is 2.78 bits per heavy atom. The molecule has 2 aromatic heterocycles. The summed E-state index contributed by atoms with van der Waals surface area (Å²) in [5.41, 5.74) is 6.03. The van der Waals surface area contributed by atoms with E-state index >= 15 is 0 Å². The van der Waals surface area contributed by atoms with E-state index in [0.29, 0.717) is 12.4 Å². The Morgan fingerprint density at radius 1 is 1.39 bits per heavy atom. The molecule has 23 heavy (non-hydrogen) atoms. The summed E-state index contributed by atoms with van der Waals surface area (Å²) in [6, 6.07) is 6.18. The molecule has 0 bridgehead atoms. The van der Waals surface area contributed by atoms with Crippen molar-refractivity contribution < 1.29 is 14.3 Å². The minimum Gasteiger partial charge on any atom is -0.481 e. The fourth-order valence-corrected chi connectivity index (χ4v) is 2.76. The highest BCUT2D eigenvalue weighted by Gasteiger charge is 2.18. The highest BCUT2D eigenvalue weighted by molar-refractivity contribution is 7.10. The van der Waals surface area contributed by atoms with E-state index in [1.807, 2.05) is 23.6 Å². The number of methoxy groups -OCH3 is 1. The molecule has 0 saturated carbocycles. The molecule has 2 heterocycles. The predicted octanol–water partition coefficient (Wildman–Crippen LogP) is 1.57. The number of nitrogens with zero attached hydrogens (tertiary/aromatic N) is 1. The second-order valence-electron chi connectivity index (χ2n) is 4.77. The quantitative estimate of drug-likeness (QED) is 0.714. The van der Waals surface area contributed by atoms with Gasteiger partial charge in [0.05, 0.1) is 19.6 Å². The van der Waals surface area contributed by atoms with E-state index in [4.69, 9.17) is 10.5 Å². The van der Waals surface area contributed by atoms with Gasteiger partial charge in [-0.05, 0) is 17.0 Å². The number of nitrogens with two attached hydrogens (primary N) is 1. The lowest BCUT2D eigenvalue weighted by molar-refractivity contribution is -0.121. The molecule has 0 spiro atoms. The Morgan fingerprint density at radius 2 is 2.22 bits per heavy atom. The SMILES string of the molecule is COc1ccc(CNC(=O)C[C@H](NC(N)=O)c2cccs2)cn1. The van der Waals surface area contributed by atoms with Crippen LogP contribution in [0, 0.1) is 0 Å². The summed E-state index contributed by atoms with van der Waals surface area (Å²) < 4.78 is 4.98. The average Bonchev–Trinajstić information content (AvgIpc) is 3.07. The van der Waals surface area contributed by atoms with Gasteiger partial charge in [0.15, 0.2) is 0 Å². The normalized spacial score (nSPS) is 11.5. The van der Waals surface area contributed by atoms with Gasteiger partial charge in [-0.2, -0.15) is 0 Å². The van der Waals surface area contributed by atoms with E-state index in [0.717, 1.165) is 10.4 Å². The molecule has 0 saturated heterocycles. The Labute approximate surface area is 137 Å². The van der Waals surface area contributed by atoms with E-state index in [-0.39, 0.29) is 12.3 Å². The van der Waals surface area contributed by atoms with Crippen molar-refractivity contribution in [2.24, 2.45) is 5.73 Å². The molecule has 0 fully saturated rings. The van der Waals surface area contributed by atoms with E-state index in [2.05, 4.69) is 15.6 Å². The number of primary amides is 1. The van der Waals surface area contributed by atoms with Gasteiger partial charge in [-0.25, -0.2) is 9.78 Å². The summed E-state index contributed by atoms with van der Waals surface area (Å²) in [6.07, 6.45) is 1.75. The van der Waals surface area contributed by atoms with Crippen LogP contribution in [-0.2, 0) is 11.3 Å². The van der Waals surface area contributed by atoms with Crippen LogP contribution >= 0.6 is 11.3 Å².